The van der Waals surface area contributed by atoms with Gasteiger partial charge in [-0.05, 0) is 55.0 Å². The van der Waals surface area contributed by atoms with Crippen molar-refractivity contribution in [2.45, 2.75) is 6.92 Å². The molecule has 0 saturated carbocycles. The van der Waals surface area contributed by atoms with E-state index in [0.29, 0.717) is 33.9 Å². The van der Waals surface area contributed by atoms with Crippen LogP contribution in [0.4, 0.5) is 0 Å². The Balaban J connectivity index is 1.38. The number of hydrogen-bond donors (Lipinski definition) is 1. The third-order valence-corrected chi connectivity index (χ3v) is 4.23. The summed E-state index contributed by atoms with van der Waals surface area (Å²) in [5.41, 5.74) is 4.65. The normalized spacial score (nSPS) is 12.0. The predicted octanol–water partition coefficient (Wildman–Crippen LogP) is 3.10. The number of carbonyl (C=O) groups is 2. The molecule has 1 N–H and O–H groups in total. The molecule has 30 heavy (non-hydrogen) atoms. The molecule has 0 spiro atoms. The van der Waals surface area contributed by atoms with Gasteiger partial charge in [-0.3, -0.25) is 9.78 Å². The summed E-state index contributed by atoms with van der Waals surface area (Å²) in [6.45, 7) is 1.97. The molecule has 4 rings (SSSR count). The molecule has 1 aliphatic rings. The number of aromatic nitrogens is 1. The van der Waals surface area contributed by atoms with Crippen LogP contribution < -0.4 is 19.6 Å². The second-order valence-electron chi connectivity index (χ2n) is 6.42. The topological polar surface area (TPSA) is 99.1 Å². The van der Waals surface area contributed by atoms with Crippen molar-refractivity contribution >= 4 is 18.1 Å². The number of hydrogen-bond acceptors (Lipinski definition) is 7. The molecule has 2 aromatic carbocycles. The van der Waals surface area contributed by atoms with Crippen molar-refractivity contribution in [2.24, 2.45) is 5.10 Å². The minimum atomic E-state index is -0.525. The van der Waals surface area contributed by atoms with Crippen LogP contribution in [0.15, 0.2) is 65.9 Å². The van der Waals surface area contributed by atoms with Crippen LogP contribution in [0.25, 0.3) is 0 Å². The van der Waals surface area contributed by atoms with Crippen LogP contribution in [-0.4, -0.2) is 29.9 Å². The quantitative estimate of drug-likeness (QED) is 0.304. The number of aryl methyl sites for hydroxylation is 1. The van der Waals surface area contributed by atoms with Gasteiger partial charge < -0.3 is 14.2 Å². The fraction of sp³-hybridized carbons (Fsp3) is 0.0909. The number of benzene rings is 2. The number of hydrazone groups is 1. The lowest BCUT2D eigenvalue weighted by Crippen LogP contribution is -2.17. The van der Waals surface area contributed by atoms with Crippen LogP contribution in [0.5, 0.6) is 17.2 Å². The summed E-state index contributed by atoms with van der Waals surface area (Å²) in [5, 5.41) is 3.93. The van der Waals surface area contributed by atoms with Gasteiger partial charge in [-0.1, -0.05) is 12.1 Å². The van der Waals surface area contributed by atoms with Crippen molar-refractivity contribution < 1.29 is 23.8 Å². The number of nitrogens with zero attached hydrogens (tertiary/aromatic N) is 2. The Hall–Kier alpha value is -4.20. The van der Waals surface area contributed by atoms with Crippen LogP contribution in [0.1, 0.15) is 32.0 Å². The van der Waals surface area contributed by atoms with E-state index in [4.69, 9.17) is 14.2 Å². The molecule has 8 nitrogen and oxygen atoms in total. The van der Waals surface area contributed by atoms with Crippen molar-refractivity contribution in [3.8, 4) is 17.2 Å². The molecular formula is C22H17N3O5. The molecule has 0 fully saturated rings. The van der Waals surface area contributed by atoms with Gasteiger partial charge in [0.05, 0.1) is 17.3 Å². The third-order valence-electron chi connectivity index (χ3n) is 4.23. The second-order valence-corrected chi connectivity index (χ2v) is 6.42. The van der Waals surface area contributed by atoms with E-state index in [2.05, 4.69) is 15.5 Å². The van der Waals surface area contributed by atoms with Gasteiger partial charge in [0.25, 0.3) is 5.91 Å². The summed E-state index contributed by atoms with van der Waals surface area (Å²) in [5.74, 6) is 0.542. The number of amides is 1. The number of carbonyl (C=O) groups excluding carboxylic acids is 2. The highest BCUT2D eigenvalue weighted by Gasteiger charge is 2.17. The highest BCUT2D eigenvalue weighted by atomic mass is 16.7. The maximum Gasteiger partial charge on any atom is 0.343 e. The standard InChI is InChI=1S/C22H17N3O5/c1-14-5-6-17(12-23-14)21(26)25-24-11-15-3-2-4-18(9-15)30-22(27)16-7-8-19-20(10-16)29-13-28-19/h2-12H,13H2,1H3,(H,25,26). The van der Waals surface area contributed by atoms with Gasteiger partial charge in [0.15, 0.2) is 11.5 Å². The Bertz CT molecular complexity index is 1130. The zero-order chi connectivity index (χ0) is 20.9. The monoisotopic (exact) mass is 403 g/mol. The zero-order valence-corrected chi connectivity index (χ0v) is 16.0. The van der Waals surface area contributed by atoms with E-state index in [9.17, 15) is 9.59 Å². The molecule has 0 bridgehead atoms. The zero-order valence-electron chi connectivity index (χ0n) is 16.0. The molecule has 3 aromatic rings. The van der Waals surface area contributed by atoms with Crippen molar-refractivity contribution in [1.82, 2.24) is 10.4 Å². The van der Waals surface area contributed by atoms with Gasteiger partial charge >= 0.3 is 5.97 Å². The first-order valence-electron chi connectivity index (χ1n) is 9.06. The van der Waals surface area contributed by atoms with Crippen LogP contribution in [0.3, 0.4) is 0 Å². The van der Waals surface area contributed by atoms with Crippen molar-refractivity contribution in [1.29, 1.82) is 0 Å². The van der Waals surface area contributed by atoms with Gasteiger partial charge in [0.1, 0.15) is 5.75 Å². The van der Waals surface area contributed by atoms with E-state index < -0.39 is 5.97 Å². The Morgan fingerprint density at radius 1 is 1.07 bits per heavy atom. The van der Waals surface area contributed by atoms with Crippen LogP contribution in [-0.2, 0) is 0 Å². The molecule has 8 heteroatoms. The first-order chi connectivity index (χ1) is 14.6. The molecule has 0 atom stereocenters. The minimum absolute atomic E-state index is 0.131. The lowest BCUT2D eigenvalue weighted by Gasteiger charge is -2.06. The van der Waals surface area contributed by atoms with E-state index in [1.54, 1.807) is 54.6 Å². The average Bonchev–Trinajstić information content (AvgIpc) is 3.22. The SMILES string of the molecule is Cc1ccc(C(=O)NN=Cc2cccc(OC(=O)c3ccc4c(c3)OCO4)c2)cn1. The van der Waals surface area contributed by atoms with E-state index in [-0.39, 0.29) is 12.7 Å². The number of pyridine rings is 1. The van der Waals surface area contributed by atoms with E-state index in [0.717, 1.165) is 5.69 Å². The van der Waals surface area contributed by atoms with Gasteiger partial charge in [0, 0.05) is 11.9 Å². The summed E-state index contributed by atoms with van der Waals surface area (Å²) < 4.78 is 15.9. The molecule has 0 unspecified atom stereocenters. The smallest absolute Gasteiger partial charge is 0.343 e. The predicted molar refractivity (Wildman–Crippen MR) is 108 cm³/mol. The maximum atomic E-state index is 12.4. The van der Waals surface area contributed by atoms with Gasteiger partial charge in [-0.25, -0.2) is 10.2 Å². The molecular weight excluding hydrogens is 386 g/mol. The van der Waals surface area contributed by atoms with Gasteiger partial charge in [0.2, 0.25) is 6.79 Å². The summed E-state index contributed by atoms with van der Waals surface area (Å²) in [4.78, 5) is 28.5. The maximum absolute atomic E-state index is 12.4. The van der Waals surface area contributed by atoms with E-state index in [1.165, 1.54) is 12.4 Å². The van der Waals surface area contributed by atoms with Crippen molar-refractivity contribution in [3.05, 3.63) is 83.2 Å². The lowest BCUT2D eigenvalue weighted by atomic mass is 10.2. The molecule has 2 heterocycles. The summed E-state index contributed by atoms with van der Waals surface area (Å²) >= 11 is 0. The first-order valence-corrected chi connectivity index (χ1v) is 9.06. The Labute approximate surface area is 172 Å². The number of rotatable bonds is 5. The second kappa shape index (κ2) is 8.44. The van der Waals surface area contributed by atoms with Crippen molar-refractivity contribution in [2.75, 3.05) is 6.79 Å². The number of fused-ring (bicyclic) bond motifs is 1. The Morgan fingerprint density at radius 3 is 2.73 bits per heavy atom. The van der Waals surface area contributed by atoms with Gasteiger partial charge in [-0.2, -0.15) is 5.10 Å². The van der Waals surface area contributed by atoms with E-state index in [1.807, 2.05) is 6.92 Å². The Morgan fingerprint density at radius 2 is 1.90 bits per heavy atom. The van der Waals surface area contributed by atoms with Gasteiger partial charge in [-0.15, -0.1) is 0 Å². The van der Waals surface area contributed by atoms with E-state index >= 15 is 0 Å². The average molecular weight is 403 g/mol. The highest BCUT2D eigenvalue weighted by Crippen LogP contribution is 2.32. The van der Waals surface area contributed by atoms with Crippen LogP contribution >= 0.6 is 0 Å². The molecule has 0 radical (unpaired) electrons. The number of esters is 1. The number of ether oxygens (including phenoxy) is 3. The van der Waals surface area contributed by atoms with Crippen molar-refractivity contribution in [3.63, 3.8) is 0 Å². The molecule has 150 valence electrons. The largest absolute Gasteiger partial charge is 0.454 e. The molecule has 1 amide bonds. The molecule has 1 aromatic heterocycles. The highest BCUT2D eigenvalue weighted by molar-refractivity contribution is 5.95. The third kappa shape index (κ3) is 4.44. The lowest BCUT2D eigenvalue weighted by molar-refractivity contribution is 0.0734. The molecule has 1 aliphatic heterocycles. The summed E-state index contributed by atoms with van der Waals surface area (Å²) in [6, 6.07) is 15.0. The Kier molecular flexibility index (Phi) is 5.38. The summed E-state index contributed by atoms with van der Waals surface area (Å²) in [6.07, 6.45) is 2.94. The fourth-order valence-electron chi connectivity index (χ4n) is 2.68. The number of nitrogens with one attached hydrogen (secondary N) is 1. The minimum Gasteiger partial charge on any atom is -0.454 e. The van der Waals surface area contributed by atoms with Crippen LogP contribution in [0, 0.1) is 6.92 Å². The fourth-order valence-corrected chi connectivity index (χ4v) is 2.68. The van der Waals surface area contributed by atoms with Crippen LogP contribution in [0.2, 0.25) is 0 Å². The molecule has 0 aliphatic carbocycles. The summed E-state index contributed by atoms with van der Waals surface area (Å²) in [7, 11) is 0. The molecule has 0 saturated heterocycles. The first kappa shape index (κ1) is 19.1.